The van der Waals surface area contributed by atoms with Gasteiger partial charge in [0.15, 0.2) is 0 Å². The highest BCUT2D eigenvalue weighted by Crippen LogP contribution is 2.37. The van der Waals surface area contributed by atoms with E-state index in [0.717, 1.165) is 0 Å². The van der Waals surface area contributed by atoms with E-state index in [0.29, 0.717) is 12.1 Å². The zero-order valence-corrected chi connectivity index (χ0v) is 7.32. The summed E-state index contributed by atoms with van der Waals surface area (Å²) in [6.45, 7) is 0. The Hall–Kier alpha value is -2.65. The molecule has 0 saturated carbocycles. The molecule has 84 valence electrons. The largest absolute Gasteiger partial charge is 0.425 e. The fourth-order valence-electron chi connectivity index (χ4n) is 1.05. The van der Waals surface area contributed by atoms with Gasteiger partial charge < -0.3 is 0 Å². The van der Waals surface area contributed by atoms with Gasteiger partial charge in [0.1, 0.15) is 0 Å². The number of benzene rings is 1. The van der Waals surface area contributed by atoms with Crippen molar-refractivity contribution in [2.75, 3.05) is 0 Å². The first kappa shape index (κ1) is 11.4. The van der Waals surface area contributed by atoms with E-state index in [-0.39, 0.29) is 0 Å². The van der Waals surface area contributed by atoms with Crippen molar-refractivity contribution in [3.8, 4) is 0 Å². The second-order valence-corrected chi connectivity index (χ2v) is 2.54. The molecule has 0 unspecified atom stereocenters. The highest BCUT2D eigenvalue weighted by atomic mass is 19.1. The molecule has 1 aromatic carbocycles. The van der Waals surface area contributed by atoms with Crippen LogP contribution < -0.4 is 0 Å². The maximum atomic E-state index is 12.9. The van der Waals surface area contributed by atoms with Gasteiger partial charge in [0.2, 0.25) is 5.82 Å². The molecule has 0 aliphatic heterocycles. The third kappa shape index (κ3) is 1.75. The fourth-order valence-corrected chi connectivity index (χ4v) is 1.05. The van der Waals surface area contributed by atoms with Crippen LogP contribution in [-0.4, -0.2) is 14.8 Å². The number of rotatable bonds is 3. The zero-order chi connectivity index (χ0) is 12.5. The summed E-state index contributed by atoms with van der Waals surface area (Å²) < 4.78 is 12.9. The van der Waals surface area contributed by atoms with Crippen molar-refractivity contribution in [1.29, 1.82) is 0 Å². The predicted octanol–water partition coefficient (Wildman–Crippen LogP) is 1.55. The monoisotopic (exact) mass is 231 g/mol. The van der Waals surface area contributed by atoms with E-state index in [2.05, 4.69) is 0 Å². The minimum Gasteiger partial charge on any atom is -0.258 e. The molecular formula is C6H2FN3O6. The second-order valence-electron chi connectivity index (χ2n) is 2.54. The molecule has 1 rings (SSSR count). The molecule has 0 bridgehead atoms. The standard InChI is InChI=1S/C6H2FN3O6/c7-3-1-2-4(8(11)12)6(10(15)16)5(3)9(13)14/h1-2H. The summed E-state index contributed by atoms with van der Waals surface area (Å²) in [5.74, 6) is -1.50. The average molecular weight is 231 g/mol. The van der Waals surface area contributed by atoms with Crippen LogP contribution in [0, 0.1) is 36.2 Å². The maximum Gasteiger partial charge on any atom is 0.425 e. The van der Waals surface area contributed by atoms with E-state index in [1.807, 2.05) is 0 Å². The summed E-state index contributed by atoms with van der Waals surface area (Å²) in [7, 11) is 0. The molecule has 0 aliphatic carbocycles. The lowest BCUT2D eigenvalue weighted by atomic mass is 10.2. The summed E-state index contributed by atoms with van der Waals surface area (Å²) >= 11 is 0. The van der Waals surface area contributed by atoms with Crippen molar-refractivity contribution in [2.24, 2.45) is 0 Å². The van der Waals surface area contributed by atoms with Crippen molar-refractivity contribution >= 4 is 17.1 Å². The van der Waals surface area contributed by atoms with Gasteiger partial charge in [-0.05, 0) is 6.07 Å². The first-order valence-corrected chi connectivity index (χ1v) is 3.62. The van der Waals surface area contributed by atoms with Crippen molar-refractivity contribution in [3.05, 3.63) is 48.3 Å². The van der Waals surface area contributed by atoms with Gasteiger partial charge >= 0.3 is 17.1 Å². The minimum absolute atomic E-state index is 0.434. The van der Waals surface area contributed by atoms with Crippen LogP contribution in [0.15, 0.2) is 12.1 Å². The highest BCUT2D eigenvalue weighted by molar-refractivity contribution is 5.66. The van der Waals surface area contributed by atoms with Gasteiger partial charge in [0, 0.05) is 6.07 Å². The maximum absolute atomic E-state index is 12.9. The fraction of sp³-hybridized carbons (Fsp3) is 0. The van der Waals surface area contributed by atoms with Crippen LogP contribution >= 0.6 is 0 Å². The smallest absolute Gasteiger partial charge is 0.258 e. The van der Waals surface area contributed by atoms with Crippen LogP contribution in [0.3, 0.4) is 0 Å². The Morgan fingerprint density at radius 3 is 1.75 bits per heavy atom. The van der Waals surface area contributed by atoms with Crippen LogP contribution in [0.25, 0.3) is 0 Å². The topological polar surface area (TPSA) is 129 Å². The highest BCUT2D eigenvalue weighted by Gasteiger charge is 2.38. The van der Waals surface area contributed by atoms with E-state index in [9.17, 15) is 34.7 Å². The Balaban J connectivity index is 3.70. The molecule has 0 N–H and O–H groups in total. The summed E-state index contributed by atoms with van der Waals surface area (Å²) in [5, 5.41) is 31.2. The van der Waals surface area contributed by atoms with Crippen molar-refractivity contribution in [2.45, 2.75) is 0 Å². The lowest BCUT2D eigenvalue weighted by Gasteiger charge is -1.97. The van der Waals surface area contributed by atoms with E-state index in [1.165, 1.54) is 0 Å². The van der Waals surface area contributed by atoms with Gasteiger partial charge in [-0.2, -0.15) is 4.39 Å². The molecule has 10 heteroatoms. The zero-order valence-electron chi connectivity index (χ0n) is 7.32. The minimum atomic E-state index is -1.51. The van der Waals surface area contributed by atoms with Crippen LogP contribution in [0.5, 0.6) is 0 Å². The van der Waals surface area contributed by atoms with Crippen molar-refractivity contribution < 1.29 is 19.2 Å². The molecule has 0 heterocycles. The SMILES string of the molecule is O=[N+]([O-])c1ccc(F)c([N+](=O)[O-])c1[N+](=O)[O-]. The molecular weight excluding hydrogens is 229 g/mol. The van der Waals surface area contributed by atoms with Crippen molar-refractivity contribution in [3.63, 3.8) is 0 Å². The van der Waals surface area contributed by atoms with Crippen LogP contribution in [0.1, 0.15) is 0 Å². The Bertz CT molecular complexity index is 501. The molecule has 0 fully saturated rings. The second kappa shape index (κ2) is 3.84. The Morgan fingerprint density at radius 2 is 1.38 bits per heavy atom. The molecule has 16 heavy (non-hydrogen) atoms. The van der Waals surface area contributed by atoms with E-state index in [1.54, 1.807) is 0 Å². The Kier molecular flexibility index (Phi) is 2.74. The summed E-state index contributed by atoms with van der Waals surface area (Å²) in [6, 6.07) is 0.934. The van der Waals surface area contributed by atoms with Gasteiger partial charge in [-0.15, -0.1) is 0 Å². The van der Waals surface area contributed by atoms with Crippen LogP contribution in [0.4, 0.5) is 21.5 Å². The third-order valence-electron chi connectivity index (χ3n) is 1.64. The molecule has 0 atom stereocenters. The van der Waals surface area contributed by atoms with E-state index >= 15 is 0 Å². The number of hydrogen-bond donors (Lipinski definition) is 0. The summed E-state index contributed by atoms with van der Waals surface area (Å²) in [4.78, 5) is 27.2. The molecule has 9 nitrogen and oxygen atoms in total. The quantitative estimate of drug-likeness (QED) is 0.572. The van der Waals surface area contributed by atoms with Gasteiger partial charge in [-0.3, -0.25) is 30.3 Å². The Labute approximate surface area is 85.6 Å². The van der Waals surface area contributed by atoms with Gasteiger partial charge in [-0.25, -0.2) is 0 Å². The summed E-state index contributed by atoms with van der Waals surface area (Å²) in [6.07, 6.45) is 0. The first-order chi connectivity index (χ1) is 7.36. The van der Waals surface area contributed by atoms with Crippen LogP contribution in [0.2, 0.25) is 0 Å². The van der Waals surface area contributed by atoms with Crippen LogP contribution in [-0.2, 0) is 0 Å². The number of nitro groups is 3. The van der Waals surface area contributed by atoms with Crippen molar-refractivity contribution in [1.82, 2.24) is 0 Å². The molecule has 0 spiro atoms. The number of nitro benzene ring substituents is 3. The summed E-state index contributed by atoms with van der Waals surface area (Å²) in [5.41, 5.74) is -4.10. The third-order valence-corrected chi connectivity index (χ3v) is 1.64. The van der Waals surface area contributed by atoms with E-state index in [4.69, 9.17) is 0 Å². The average Bonchev–Trinajstić information content (AvgIpc) is 2.15. The molecule has 0 amide bonds. The molecule has 0 radical (unpaired) electrons. The molecule has 0 saturated heterocycles. The number of nitrogens with zero attached hydrogens (tertiary/aromatic N) is 3. The molecule has 0 aromatic heterocycles. The normalized spacial score (nSPS) is 9.81. The first-order valence-electron chi connectivity index (χ1n) is 3.62. The van der Waals surface area contributed by atoms with Gasteiger partial charge in [0.05, 0.1) is 14.8 Å². The lowest BCUT2D eigenvalue weighted by molar-refractivity contribution is -0.442. The van der Waals surface area contributed by atoms with Gasteiger partial charge in [0.25, 0.3) is 0 Å². The molecule has 0 aliphatic rings. The lowest BCUT2D eigenvalue weighted by Crippen LogP contribution is -2.03. The number of halogens is 1. The van der Waals surface area contributed by atoms with Gasteiger partial charge in [-0.1, -0.05) is 0 Å². The number of hydrogen-bond acceptors (Lipinski definition) is 6. The molecule has 1 aromatic rings. The predicted molar refractivity (Wildman–Crippen MR) is 46.4 cm³/mol. The Morgan fingerprint density at radius 1 is 0.875 bits per heavy atom. The van der Waals surface area contributed by atoms with E-state index < -0.39 is 37.6 Å².